The van der Waals surface area contributed by atoms with Crippen molar-refractivity contribution in [3.8, 4) is 0 Å². The Morgan fingerprint density at radius 1 is 1.20 bits per heavy atom. The van der Waals surface area contributed by atoms with Gasteiger partial charge in [0.25, 0.3) is 5.56 Å². The van der Waals surface area contributed by atoms with Gasteiger partial charge in [-0.05, 0) is 18.7 Å². The van der Waals surface area contributed by atoms with Crippen molar-refractivity contribution in [2.75, 3.05) is 13.6 Å². The Morgan fingerprint density at radius 2 is 1.96 bits per heavy atom. The summed E-state index contributed by atoms with van der Waals surface area (Å²) in [6, 6.07) is 3.94. The molecule has 25 heavy (non-hydrogen) atoms. The topological polar surface area (TPSA) is 78.0 Å². The fourth-order valence-corrected chi connectivity index (χ4v) is 2.73. The zero-order valence-electron chi connectivity index (χ0n) is 14.4. The quantitative estimate of drug-likeness (QED) is 0.654. The van der Waals surface area contributed by atoms with Crippen LogP contribution in [-0.2, 0) is 27.2 Å². The largest absolute Gasteiger partial charge is 0.332 e. The number of rotatable bonds is 5. The van der Waals surface area contributed by atoms with Gasteiger partial charge in [0, 0.05) is 46.1 Å². The minimum atomic E-state index is -0.369. The van der Waals surface area contributed by atoms with Crippen LogP contribution in [0, 0.1) is 0 Å². The summed E-state index contributed by atoms with van der Waals surface area (Å²) in [6.45, 7) is 2.13. The number of aromatic nitrogens is 5. The number of hydrogen-bond acceptors (Lipinski definition) is 5. The minimum Gasteiger partial charge on any atom is -0.323 e. The Morgan fingerprint density at radius 3 is 2.64 bits per heavy atom. The Kier molecular flexibility index (Phi) is 5.76. The van der Waals surface area contributed by atoms with Crippen molar-refractivity contribution in [1.82, 2.24) is 28.6 Å². The smallest absolute Gasteiger partial charge is 0.323 e. The second kappa shape index (κ2) is 7.62. The fourth-order valence-electron chi connectivity index (χ4n) is 2.73. The van der Waals surface area contributed by atoms with Crippen LogP contribution in [0.3, 0.4) is 0 Å². The molecule has 9 heteroatoms. The van der Waals surface area contributed by atoms with Gasteiger partial charge in [0.2, 0.25) is 0 Å². The minimum absolute atomic E-state index is 0. The third kappa shape index (κ3) is 3.64. The molecule has 0 spiro atoms. The summed E-state index contributed by atoms with van der Waals surface area (Å²) in [4.78, 5) is 34.8. The molecule has 0 aliphatic heterocycles. The number of nitrogens with zero attached hydrogens (tertiary/aromatic N) is 6. The lowest BCUT2D eigenvalue weighted by atomic mass is 10.3. The van der Waals surface area contributed by atoms with Gasteiger partial charge in [-0.3, -0.25) is 18.9 Å². The Labute approximate surface area is 150 Å². The Hall–Kier alpha value is -2.45. The molecular formula is C16H21ClN6O2. The third-order valence-corrected chi connectivity index (χ3v) is 4.12. The second-order valence-electron chi connectivity index (χ2n) is 5.91. The molecule has 0 aliphatic carbocycles. The molecule has 0 unspecified atom stereocenters. The van der Waals surface area contributed by atoms with E-state index in [4.69, 9.17) is 0 Å². The normalized spacial score (nSPS) is 11.0. The molecule has 8 nitrogen and oxygen atoms in total. The van der Waals surface area contributed by atoms with Crippen molar-refractivity contribution in [2.24, 2.45) is 14.1 Å². The summed E-state index contributed by atoms with van der Waals surface area (Å²) in [7, 11) is 5.12. The maximum atomic E-state index is 12.4. The van der Waals surface area contributed by atoms with Crippen molar-refractivity contribution in [3.05, 3.63) is 57.3 Å². The van der Waals surface area contributed by atoms with Crippen LogP contribution in [0.1, 0.15) is 5.56 Å². The van der Waals surface area contributed by atoms with Gasteiger partial charge in [-0.2, -0.15) is 0 Å². The van der Waals surface area contributed by atoms with Gasteiger partial charge >= 0.3 is 5.69 Å². The molecule has 3 aromatic rings. The van der Waals surface area contributed by atoms with Crippen LogP contribution in [-0.4, -0.2) is 42.2 Å². The standard InChI is InChI=1S/C16H20N6O2.ClH/c1-19(10-12-5-4-6-17-9-12)7-8-22-11-18-14-13(22)15(23)21(3)16(24)20(14)2;/h4-6,9,11H,7-8,10H2,1-3H3;1H. The van der Waals surface area contributed by atoms with E-state index < -0.39 is 0 Å². The van der Waals surface area contributed by atoms with Gasteiger partial charge in [0.1, 0.15) is 0 Å². The Bertz CT molecular complexity index is 976. The highest BCUT2D eigenvalue weighted by molar-refractivity contribution is 5.85. The van der Waals surface area contributed by atoms with Crippen molar-refractivity contribution in [2.45, 2.75) is 13.1 Å². The lowest BCUT2D eigenvalue weighted by Crippen LogP contribution is -2.37. The number of fused-ring (bicyclic) bond motifs is 1. The zero-order valence-corrected chi connectivity index (χ0v) is 15.2. The molecule has 3 rings (SSSR count). The maximum absolute atomic E-state index is 12.4. The SMILES string of the molecule is CN(CCn1cnc2c1c(=O)n(C)c(=O)n2C)Cc1cccnc1.Cl. The molecular weight excluding hydrogens is 344 g/mol. The van der Waals surface area contributed by atoms with Crippen LogP contribution in [0.5, 0.6) is 0 Å². The predicted molar refractivity (Wildman–Crippen MR) is 98.0 cm³/mol. The highest BCUT2D eigenvalue weighted by Crippen LogP contribution is 2.06. The van der Waals surface area contributed by atoms with Crippen molar-refractivity contribution < 1.29 is 0 Å². The monoisotopic (exact) mass is 364 g/mol. The molecule has 0 N–H and O–H groups in total. The van der Waals surface area contributed by atoms with E-state index in [9.17, 15) is 9.59 Å². The number of aryl methyl sites for hydroxylation is 1. The molecule has 0 aliphatic rings. The average molecular weight is 365 g/mol. The van der Waals surface area contributed by atoms with E-state index in [1.165, 1.54) is 11.6 Å². The molecule has 0 amide bonds. The van der Waals surface area contributed by atoms with Crippen LogP contribution < -0.4 is 11.2 Å². The first-order valence-corrected chi connectivity index (χ1v) is 7.67. The van der Waals surface area contributed by atoms with Crippen LogP contribution in [0.2, 0.25) is 0 Å². The maximum Gasteiger partial charge on any atom is 0.332 e. The molecule has 0 fully saturated rings. The van der Waals surface area contributed by atoms with E-state index in [1.54, 1.807) is 24.1 Å². The van der Waals surface area contributed by atoms with Gasteiger partial charge in [-0.1, -0.05) is 6.07 Å². The summed E-state index contributed by atoms with van der Waals surface area (Å²) in [5.41, 5.74) is 1.31. The summed E-state index contributed by atoms with van der Waals surface area (Å²) >= 11 is 0. The van der Waals surface area contributed by atoms with Crippen molar-refractivity contribution in [1.29, 1.82) is 0 Å². The van der Waals surface area contributed by atoms with E-state index in [2.05, 4.69) is 14.9 Å². The predicted octanol–water partition coefficient (Wildman–Crippen LogP) is 0.383. The van der Waals surface area contributed by atoms with Crippen LogP contribution in [0.4, 0.5) is 0 Å². The van der Waals surface area contributed by atoms with E-state index >= 15 is 0 Å². The van der Waals surface area contributed by atoms with E-state index in [0.29, 0.717) is 17.7 Å². The van der Waals surface area contributed by atoms with E-state index in [0.717, 1.165) is 23.2 Å². The van der Waals surface area contributed by atoms with E-state index in [1.807, 2.05) is 25.4 Å². The second-order valence-corrected chi connectivity index (χ2v) is 5.91. The number of likely N-dealkylation sites (N-methyl/N-ethyl adjacent to an activating group) is 1. The molecule has 0 aromatic carbocycles. The fraction of sp³-hybridized carbons (Fsp3) is 0.375. The number of imidazole rings is 1. The molecule has 0 saturated heterocycles. The zero-order chi connectivity index (χ0) is 17.3. The van der Waals surface area contributed by atoms with Crippen LogP contribution >= 0.6 is 12.4 Å². The van der Waals surface area contributed by atoms with Gasteiger partial charge in [0.15, 0.2) is 11.2 Å². The molecule has 3 heterocycles. The first-order valence-electron chi connectivity index (χ1n) is 7.67. The summed E-state index contributed by atoms with van der Waals surface area (Å²) in [5.74, 6) is 0. The van der Waals surface area contributed by atoms with Gasteiger partial charge in [0.05, 0.1) is 6.33 Å². The van der Waals surface area contributed by atoms with Crippen molar-refractivity contribution >= 4 is 23.6 Å². The molecule has 0 radical (unpaired) electrons. The molecule has 3 aromatic heterocycles. The summed E-state index contributed by atoms with van der Waals surface area (Å²) in [5, 5.41) is 0. The number of hydrogen-bond donors (Lipinski definition) is 0. The molecule has 0 atom stereocenters. The first kappa shape index (κ1) is 18.9. The highest BCUT2D eigenvalue weighted by atomic mass is 35.5. The highest BCUT2D eigenvalue weighted by Gasteiger charge is 2.14. The van der Waals surface area contributed by atoms with E-state index in [-0.39, 0.29) is 23.7 Å². The average Bonchev–Trinajstić information content (AvgIpc) is 3.01. The van der Waals surface area contributed by atoms with Gasteiger partial charge < -0.3 is 9.47 Å². The molecule has 0 bridgehead atoms. The lowest BCUT2D eigenvalue weighted by Gasteiger charge is -2.17. The first-order chi connectivity index (χ1) is 11.5. The van der Waals surface area contributed by atoms with Gasteiger partial charge in [-0.15, -0.1) is 12.4 Å². The van der Waals surface area contributed by atoms with Crippen LogP contribution in [0.15, 0.2) is 40.4 Å². The Balaban J connectivity index is 0.00000225. The number of halogens is 1. The summed E-state index contributed by atoms with van der Waals surface area (Å²) in [6.07, 6.45) is 5.21. The number of pyridine rings is 1. The molecule has 0 saturated carbocycles. The van der Waals surface area contributed by atoms with Gasteiger partial charge in [-0.25, -0.2) is 9.78 Å². The van der Waals surface area contributed by atoms with Crippen LogP contribution in [0.25, 0.3) is 11.2 Å². The van der Waals surface area contributed by atoms with Crippen molar-refractivity contribution in [3.63, 3.8) is 0 Å². The molecule has 134 valence electrons. The summed E-state index contributed by atoms with van der Waals surface area (Å²) < 4.78 is 4.31. The lowest BCUT2D eigenvalue weighted by molar-refractivity contribution is 0.312. The third-order valence-electron chi connectivity index (χ3n) is 4.12.